The van der Waals surface area contributed by atoms with Crippen LogP contribution >= 0.6 is 24.0 Å². The van der Waals surface area contributed by atoms with Crippen molar-refractivity contribution in [2.45, 2.75) is 57.1 Å². The number of halogens is 1. The van der Waals surface area contributed by atoms with Gasteiger partial charge in [-0.05, 0) is 38.5 Å². The van der Waals surface area contributed by atoms with E-state index in [4.69, 9.17) is 4.74 Å². The number of rotatable bonds is 5. The first-order valence-electron chi connectivity index (χ1n) is 9.73. The molecule has 3 aliphatic rings. The van der Waals surface area contributed by atoms with E-state index in [0.29, 0.717) is 12.7 Å². The van der Waals surface area contributed by atoms with Gasteiger partial charge in [-0.3, -0.25) is 15.1 Å². The summed E-state index contributed by atoms with van der Waals surface area (Å²) in [6.07, 6.45) is 7.05. The SMILES string of the molecule is CN=C(NCCOC1CCCC1)N1CCC(C2(C)NC(=O)NC2=O)CC1.I. The highest BCUT2D eigenvalue weighted by Crippen LogP contribution is 2.30. The lowest BCUT2D eigenvalue weighted by atomic mass is 9.79. The second-order valence-electron chi connectivity index (χ2n) is 7.62. The van der Waals surface area contributed by atoms with E-state index < -0.39 is 5.54 Å². The van der Waals surface area contributed by atoms with E-state index >= 15 is 0 Å². The first-order valence-corrected chi connectivity index (χ1v) is 9.73. The van der Waals surface area contributed by atoms with Gasteiger partial charge in [0.25, 0.3) is 5.91 Å². The molecule has 27 heavy (non-hydrogen) atoms. The van der Waals surface area contributed by atoms with Crippen molar-refractivity contribution in [1.82, 2.24) is 20.9 Å². The number of aliphatic imine (C=N–C) groups is 1. The van der Waals surface area contributed by atoms with E-state index in [1.54, 1.807) is 7.05 Å². The van der Waals surface area contributed by atoms with Gasteiger partial charge in [0.1, 0.15) is 5.54 Å². The van der Waals surface area contributed by atoms with Crippen LogP contribution in [0.4, 0.5) is 4.79 Å². The number of carbonyl (C=O) groups is 2. The quantitative estimate of drug-likeness (QED) is 0.177. The van der Waals surface area contributed by atoms with Gasteiger partial charge in [-0.2, -0.15) is 0 Å². The molecule has 3 amide bonds. The highest BCUT2D eigenvalue weighted by Gasteiger charge is 2.48. The van der Waals surface area contributed by atoms with Crippen molar-refractivity contribution in [2.24, 2.45) is 10.9 Å². The number of nitrogens with one attached hydrogen (secondary N) is 3. The van der Waals surface area contributed by atoms with Crippen molar-refractivity contribution in [3.05, 3.63) is 0 Å². The predicted molar refractivity (Wildman–Crippen MR) is 114 cm³/mol. The molecule has 2 heterocycles. The Morgan fingerprint density at radius 3 is 2.48 bits per heavy atom. The molecule has 154 valence electrons. The van der Waals surface area contributed by atoms with Crippen molar-refractivity contribution < 1.29 is 14.3 Å². The van der Waals surface area contributed by atoms with Crippen LogP contribution in [-0.4, -0.2) is 67.7 Å². The van der Waals surface area contributed by atoms with Gasteiger partial charge < -0.3 is 20.3 Å². The number of nitrogens with zero attached hydrogens (tertiary/aromatic N) is 2. The lowest BCUT2D eigenvalue weighted by Gasteiger charge is -2.39. The van der Waals surface area contributed by atoms with Gasteiger partial charge in [0.2, 0.25) is 0 Å². The zero-order valence-electron chi connectivity index (χ0n) is 16.3. The molecule has 1 unspecified atom stereocenters. The van der Waals surface area contributed by atoms with Crippen LogP contribution in [0, 0.1) is 5.92 Å². The molecule has 1 saturated carbocycles. The third kappa shape index (κ3) is 5.24. The largest absolute Gasteiger partial charge is 0.376 e. The molecule has 3 N–H and O–H groups in total. The minimum atomic E-state index is -0.796. The van der Waals surface area contributed by atoms with E-state index in [1.807, 2.05) is 6.92 Å². The van der Waals surface area contributed by atoms with Crippen LogP contribution in [0.25, 0.3) is 0 Å². The lowest BCUT2D eigenvalue weighted by Crippen LogP contribution is -2.55. The topological polar surface area (TPSA) is 95.1 Å². The van der Waals surface area contributed by atoms with Crippen molar-refractivity contribution in [2.75, 3.05) is 33.3 Å². The summed E-state index contributed by atoms with van der Waals surface area (Å²) in [6, 6.07) is -0.389. The highest BCUT2D eigenvalue weighted by molar-refractivity contribution is 14.0. The molecule has 2 aliphatic heterocycles. The Labute approximate surface area is 178 Å². The highest BCUT2D eigenvalue weighted by atomic mass is 127. The summed E-state index contributed by atoms with van der Waals surface area (Å²) in [6.45, 7) is 4.89. The van der Waals surface area contributed by atoms with E-state index in [2.05, 4.69) is 25.8 Å². The summed E-state index contributed by atoms with van der Waals surface area (Å²) >= 11 is 0. The van der Waals surface area contributed by atoms with Crippen molar-refractivity contribution in [3.8, 4) is 0 Å². The Kier molecular flexibility index (Phi) is 8.14. The van der Waals surface area contributed by atoms with Crippen molar-refractivity contribution >= 4 is 41.9 Å². The summed E-state index contributed by atoms with van der Waals surface area (Å²) in [7, 11) is 1.79. The number of piperidine rings is 1. The fourth-order valence-corrected chi connectivity index (χ4v) is 4.29. The molecule has 9 heteroatoms. The maximum Gasteiger partial charge on any atom is 0.322 e. The number of carbonyl (C=O) groups excluding carboxylic acids is 2. The number of hydrogen-bond acceptors (Lipinski definition) is 4. The number of likely N-dealkylation sites (tertiary alicyclic amines) is 1. The molecular weight excluding hydrogens is 461 g/mol. The van der Waals surface area contributed by atoms with Crippen LogP contribution in [0.5, 0.6) is 0 Å². The zero-order valence-corrected chi connectivity index (χ0v) is 18.6. The van der Waals surface area contributed by atoms with E-state index in [-0.39, 0.29) is 41.8 Å². The monoisotopic (exact) mass is 493 g/mol. The van der Waals surface area contributed by atoms with Crippen LogP contribution in [0.3, 0.4) is 0 Å². The van der Waals surface area contributed by atoms with Gasteiger partial charge in [0, 0.05) is 26.7 Å². The number of ether oxygens (including phenoxy) is 1. The van der Waals surface area contributed by atoms with Crippen LogP contribution in [-0.2, 0) is 9.53 Å². The molecule has 0 aromatic carbocycles. The number of guanidine groups is 1. The van der Waals surface area contributed by atoms with Gasteiger partial charge >= 0.3 is 6.03 Å². The van der Waals surface area contributed by atoms with E-state index in [9.17, 15) is 9.59 Å². The molecule has 1 aliphatic carbocycles. The maximum absolute atomic E-state index is 12.1. The normalized spacial score (nSPS) is 27.3. The molecule has 3 fully saturated rings. The molecule has 0 aromatic rings. The molecule has 0 spiro atoms. The molecule has 1 atom stereocenters. The minimum absolute atomic E-state index is 0. The third-order valence-electron chi connectivity index (χ3n) is 5.94. The third-order valence-corrected chi connectivity index (χ3v) is 5.94. The van der Waals surface area contributed by atoms with E-state index in [1.165, 1.54) is 25.7 Å². The van der Waals surface area contributed by atoms with Gasteiger partial charge in [0.05, 0.1) is 12.7 Å². The molecular formula is C18H32IN5O3. The Hall–Kier alpha value is -1.10. The summed E-state index contributed by atoms with van der Waals surface area (Å²) < 4.78 is 5.88. The first kappa shape index (κ1) is 22.2. The first-order chi connectivity index (χ1) is 12.5. The maximum atomic E-state index is 12.1. The molecule has 0 radical (unpaired) electrons. The number of hydrogen-bond donors (Lipinski definition) is 3. The Morgan fingerprint density at radius 1 is 1.26 bits per heavy atom. The molecule has 2 saturated heterocycles. The smallest absolute Gasteiger partial charge is 0.322 e. The molecule has 3 rings (SSSR count). The second kappa shape index (κ2) is 9.90. The van der Waals surface area contributed by atoms with Gasteiger partial charge in [-0.15, -0.1) is 24.0 Å². The van der Waals surface area contributed by atoms with Gasteiger partial charge in [-0.25, -0.2) is 4.79 Å². The average molecular weight is 493 g/mol. The van der Waals surface area contributed by atoms with Crippen LogP contribution < -0.4 is 16.0 Å². The van der Waals surface area contributed by atoms with E-state index in [0.717, 1.165) is 38.4 Å². The lowest BCUT2D eigenvalue weighted by molar-refractivity contribution is -0.125. The number of imide groups is 1. The fraction of sp³-hybridized carbons (Fsp3) is 0.833. The summed E-state index contributed by atoms with van der Waals surface area (Å²) in [5.74, 6) is 0.796. The van der Waals surface area contributed by atoms with Crippen LogP contribution in [0.2, 0.25) is 0 Å². The van der Waals surface area contributed by atoms with Crippen molar-refractivity contribution in [3.63, 3.8) is 0 Å². The average Bonchev–Trinajstić information content (AvgIpc) is 3.23. The van der Waals surface area contributed by atoms with Crippen LogP contribution in [0.1, 0.15) is 45.4 Å². The molecule has 8 nitrogen and oxygen atoms in total. The van der Waals surface area contributed by atoms with Crippen LogP contribution in [0.15, 0.2) is 4.99 Å². The standard InChI is InChI=1S/C18H31N5O3.HI/c1-18(15(24)21-17(25)22-18)13-7-10-23(11-8-13)16(19-2)20-9-12-26-14-5-3-4-6-14;/h13-14H,3-12H2,1-2H3,(H,19,20)(H2,21,22,24,25);1H. The summed E-state index contributed by atoms with van der Waals surface area (Å²) in [5, 5.41) is 8.53. The van der Waals surface area contributed by atoms with Gasteiger partial charge in [0.15, 0.2) is 5.96 Å². The number of amides is 3. The van der Waals surface area contributed by atoms with Gasteiger partial charge in [-0.1, -0.05) is 12.8 Å². The molecule has 0 aromatic heterocycles. The fourth-order valence-electron chi connectivity index (χ4n) is 4.29. The Balaban J connectivity index is 0.00000261. The predicted octanol–water partition coefficient (Wildman–Crippen LogP) is 1.45. The summed E-state index contributed by atoms with van der Waals surface area (Å²) in [4.78, 5) is 30.2. The number of urea groups is 1. The van der Waals surface area contributed by atoms with Crippen molar-refractivity contribution in [1.29, 1.82) is 0 Å². The second-order valence-corrected chi connectivity index (χ2v) is 7.62. The molecule has 0 bridgehead atoms. The minimum Gasteiger partial charge on any atom is -0.376 e. The Morgan fingerprint density at radius 2 is 1.93 bits per heavy atom. The summed E-state index contributed by atoms with van der Waals surface area (Å²) in [5.41, 5.74) is -0.796. The zero-order chi connectivity index (χ0) is 18.6. The Bertz CT molecular complexity index is 559.